The summed E-state index contributed by atoms with van der Waals surface area (Å²) in [5, 5.41) is 18.8. The molecule has 0 bridgehead atoms. The Morgan fingerprint density at radius 3 is 2.43 bits per heavy atom. The number of rotatable bonds is 2. The maximum Gasteiger partial charge on any atom is 0.326 e. The van der Waals surface area contributed by atoms with E-state index < -0.39 is 18.1 Å². The van der Waals surface area contributed by atoms with Gasteiger partial charge in [-0.1, -0.05) is 0 Å². The summed E-state index contributed by atoms with van der Waals surface area (Å²) in [7, 11) is 0. The minimum Gasteiger partial charge on any atom is -0.480 e. The van der Waals surface area contributed by atoms with Crippen LogP contribution in [-0.2, 0) is 4.79 Å². The Bertz CT molecular complexity index is 424. The second-order valence-electron chi connectivity index (χ2n) is 6.31. The maximum atomic E-state index is 12.5. The Balaban J connectivity index is 1.61. The predicted molar refractivity (Wildman–Crippen MR) is 74.9 cm³/mol. The first-order valence-electron chi connectivity index (χ1n) is 7.76. The minimum absolute atomic E-state index is 0.126. The van der Waals surface area contributed by atoms with E-state index in [0.29, 0.717) is 19.1 Å². The standard InChI is InChI=1S/C14H23N3O4/c18-11-7-12(13(19)20)17(9-11)14(21)16-6-3-10(8-16)15-4-1-2-5-15/h10-12,18H,1-9H2,(H,19,20)/t10?,11-,12+/m1/s1. The van der Waals surface area contributed by atoms with Crippen molar-refractivity contribution < 1.29 is 19.8 Å². The molecule has 3 atom stereocenters. The highest BCUT2D eigenvalue weighted by molar-refractivity contribution is 5.83. The Kier molecular flexibility index (Phi) is 4.03. The van der Waals surface area contributed by atoms with Crippen molar-refractivity contribution in [3.63, 3.8) is 0 Å². The Morgan fingerprint density at radius 1 is 1.05 bits per heavy atom. The molecule has 3 rings (SSSR count). The topological polar surface area (TPSA) is 84.3 Å². The number of carbonyl (C=O) groups is 2. The second kappa shape index (κ2) is 5.81. The lowest BCUT2D eigenvalue weighted by molar-refractivity contribution is -0.141. The minimum atomic E-state index is -1.03. The maximum absolute atomic E-state index is 12.5. The lowest BCUT2D eigenvalue weighted by atomic mass is 10.2. The summed E-state index contributed by atoms with van der Waals surface area (Å²) in [5.41, 5.74) is 0. The van der Waals surface area contributed by atoms with Gasteiger partial charge < -0.3 is 20.0 Å². The molecule has 3 aliphatic rings. The normalized spacial score (nSPS) is 33.9. The van der Waals surface area contributed by atoms with Crippen LogP contribution in [0.4, 0.5) is 4.79 Å². The molecule has 1 unspecified atom stereocenters. The molecular weight excluding hydrogens is 274 g/mol. The predicted octanol–water partition coefficient (Wildman–Crippen LogP) is -0.204. The summed E-state index contributed by atoms with van der Waals surface area (Å²) in [6.45, 7) is 3.69. The molecule has 0 aromatic carbocycles. The average Bonchev–Trinajstić information content (AvgIpc) is 3.17. The van der Waals surface area contributed by atoms with Crippen molar-refractivity contribution >= 4 is 12.0 Å². The number of likely N-dealkylation sites (tertiary alicyclic amines) is 3. The summed E-state index contributed by atoms with van der Waals surface area (Å²) in [6, 6.07) is -0.716. The summed E-state index contributed by atoms with van der Waals surface area (Å²) < 4.78 is 0. The number of carboxylic acids is 1. The van der Waals surface area contributed by atoms with Gasteiger partial charge in [0.15, 0.2) is 0 Å². The molecular formula is C14H23N3O4. The summed E-state index contributed by atoms with van der Waals surface area (Å²) in [6.07, 6.45) is 2.81. The van der Waals surface area contributed by atoms with Gasteiger partial charge in [0.05, 0.1) is 6.10 Å². The molecule has 0 radical (unpaired) electrons. The number of hydrogen-bond acceptors (Lipinski definition) is 4. The monoisotopic (exact) mass is 297 g/mol. The number of carbonyl (C=O) groups excluding carboxylic acids is 1. The second-order valence-corrected chi connectivity index (χ2v) is 6.31. The summed E-state index contributed by atoms with van der Waals surface area (Å²) >= 11 is 0. The molecule has 3 aliphatic heterocycles. The number of hydrogen-bond donors (Lipinski definition) is 2. The molecule has 21 heavy (non-hydrogen) atoms. The zero-order chi connectivity index (χ0) is 15.0. The van der Waals surface area contributed by atoms with Crippen LogP contribution in [0, 0.1) is 0 Å². The van der Waals surface area contributed by atoms with Gasteiger partial charge in [-0.15, -0.1) is 0 Å². The fourth-order valence-corrected chi connectivity index (χ4v) is 3.76. The molecule has 7 nitrogen and oxygen atoms in total. The van der Waals surface area contributed by atoms with E-state index in [0.717, 1.165) is 19.5 Å². The lowest BCUT2D eigenvalue weighted by Gasteiger charge is -2.28. The number of amides is 2. The van der Waals surface area contributed by atoms with Crippen LogP contribution in [0.2, 0.25) is 0 Å². The van der Waals surface area contributed by atoms with Gasteiger partial charge in [-0.3, -0.25) is 4.90 Å². The molecule has 7 heteroatoms. The molecule has 118 valence electrons. The summed E-state index contributed by atoms with van der Waals surface area (Å²) in [5.74, 6) is -1.03. The number of nitrogens with zero attached hydrogens (tertiary/aromatic N) is 3. The van der Waals surface area contributed by atoms with Gasteiger partial charge in [0.25, 0.3) is 0 Å². The quantitative estimate of drug-likeness (QED) is 0.737. The largest absolute Gasteiger partial charge is 0.480 e. The van der Waals surface area contributed by atoms with Gasteiger partial charge in [0.1, 0.15) is 6.04 Å². The average molecular weight is 297 g/mol. The van der Waals surface area contributed by atoms with Crippen LogP contribution in [0.25, 0.3) is 0 Å². The van der Waals surface area contributed by atoms with Crippen molar-refractivity contribution in [2.75, 3.05) is 32.7 Å². The highest BCUT2D eigenvalue weighted by Crippen LogP contribution is 2.25. The highest BCUT2D eigenvalue weighted by Gasteiger charge is 2.42. The van der Waals surface area contributed by atoms with Gasteiger partial charge in [0, 0.05) is 32.1 Å². The Labute approximate surface area is 124 Å². The fourth-order valence-electron chi connectivity index (χ4n) is 3.76. The number of aliphatic carboxylic acids is 1. The third-order valence-electron chi connectivity index (χ3n) is 4.90. The van der Waals surface area contributed by atoms with Crippen LogP contribution in [0.1, 0.15) is 25.7 Å². The van der Waals surface area contributed by atoms with Gasteiger partial charge >= 0.3 is 12.0 Å². The van der Waals surface area contributed by atoms with Crippen molar-refractivity contribution in [3.05, 3.63) is 0 Å². The number of β-amino-alcohol motifs (C(OH)–C–C–N with tert-alkyl or cyclic N) is 1. The third-order valence-corrected chi connectivity index (χ3v) is 4.90. The first kappa shape index (κ1) is 14.6. The van der Waals surface area contributed by atoms with Gasteiger partial charge in [0.2, 0.25) is 0 Å². The number of urea groups is 1. The molecule has 0 aromatic rings. The zero-order valence-electron chi connectivity index (χ0n) is 12.1. The van der Waals surface area contributed by atoms with E-state index in [9.17, 15) is 19.8 Å². The molecule has 3 fully saturated rings. The highest BCUT2D eigenvalue weighted by atomic mass is 16.4. The molecule has 0 aromatic heterocycles. The van der Waals surface area contributed by atoms with E-state index in [1.165, 1.54) is 17.7 Å². The molecule has 0 saturated carbocycles. The summed E-state index contributed by atoms with van der Waals surface area (Å²) in [4.78, 5) is 29.2. The number of aliphatic hydroxyl groups is 1. The molecule has 2 N–H and O–H groups in total. The molecule has 3 saturated heterocycles. The van der Waals surface area contributed by atoms with Crippen LogP contribution in [-0.4, -0.2) is 87.8 Å². The van der Waals surface area contributed by atoms with Crippen molar-refractivity contribution in [2.24, 2.45) is 0 Å². The van der Waals surface area contributed by atoms with Gasteiger partial charge in [-0.05, 0) is 32.4 Å². The van der Waals surface area contributed by atoms with Crippen LogP contribution in [0.15, 0.2) is 0 Å². The van der Waals surface area contributed by atoms with E-state index in [1.54, 1.807) is 4.90 Å². The molecule has 0 spiro atoms. The van der Waals surface area contributed by atoms with Crippen molar-refractivity contribution in [1.29, 1.82) is 0 Å². The van der Waals surface area contributed by atoms with E-state index in [1.807, 2.05) is 0 Å². The van der Waals surface area contributed by atoms with Crippen molar-refractivity contribution in [3.8, 4) is 0 Å². The van der Waals surface area contributed by atoms with Gasteiger partial charge in [-0.25, -0.2) is 9.59 Å². The zero-order valence-corrected chi connectivity index (χ0v) is 12.1. The molecule has 3 heterocycles. The smallest absolute Gasteiger partial charge is 0.326 e. The van der Waals surface area contributed by atoms with Crippen LogP contribution in [0.3, 0.4) is 0 Å². The first-order valence-corrected chi connectivity index (χ1v) is 7.76. The van der Waals surface area contributed by atoms with Gasteiger partial charge in [-0.2, -0.15) is 0 Å². The SMILES string of the molecule is O=C(O)[C@@H]1C[C@@H](O)CN1C(=O)N1CCC(N2CCCC2)C1. The lowest BCUT2D eigenvalue weighted by Crippen LogP contribution is -2.48. The molecule has 2 amide bonds. The fraction of sp³-hybridized carbons (Fsp3) is 0.857. The van der Waals surface area contributed by atoms with E-state index >= 15 is 0 Å². The van der Waals surface area contributed by atoms with Crippen LogP contribution < -0.4 is 0 Å². The first-order chi connectivity index (χ1) is 10.1. The Hall–Kier alpha value is -1.34. The Morgan fingerprint density at radius 2 is 1.76 bits per heavy atom. The van der Waals surface area contributed by atoms with Crippen LogP contribution in [0.5, 0.6) is 0 Å². The van der Waals surface area contributed by atoms with E-state index in [2.05, 4.69) is 4.90 Å². The van der Waals surface area contributed by atoms with E-state index in [4.69, 9.17) is 0 Å². The number of carboxylic acid groups (broad SMARTS) is 1. The van der Waals surface area contributed by atoms with E-state index in [-0.39, 0.29) is 19.0 Å². The third kappa shape index (κ3) is 2.85. The van der Waals surface area contributed by atoms with Crippen molar-refractivity contribution in [2.45, 2.75) is 43.9 Å². The molecule has 0 aliphatic carbocycles. The number of aliphatic hydroxyl groups excluding tert-OH is 1. The van der Waals surface area contributed by atoms with Crippen LogP contribution >= 0.6 is 0 Å². The van der Waals surface area contributed by atoms with Crippen molar-refractivity contribution in [1.82, 2.24) is 14.7 Å².